The fraction of sp³-hybridized carbons (Fsp3) is 0.933. The molecule has 1 rings (SSSR count). The molecule has 0 saturated carbocycles. The minimum Gasteiger partial charge on any atom is -0.340 e. The Kier molecular flexibility index (Phi) is 6.13. The lowest BCUT2D eigenvalue weighted by atomic mass is 9.79. The molecule has 1 N–H and O–H groups in total. The second kappa shape index (κ2) is 7.13. The number of carbonyl (C=O) groups excluding carboxylic acids is 1. The standard InChI is InChI=1S/C15H30N2O/c1-5-7-12-17(13(3)6-2)14(18)15(4)8-10-16-11-9-15/h13,16H,5-12H2,1-4H3. The fourth-order valence-corrected chi connectivity index (χ4v) is 2.61. The van der Waals surface area contributed by atoms with Crippen LogP contribution in [-0.4, -0.2) is 36.5 Å². The summed E-state index contributed by atoms with van der Waals surface area (Å²) >= 11 is 0. The molecule has 1 atom stereocenters. The molecular formula is C15H30N2O. The summed E-state index contributed by atoms with van der Waals surface area (Å²) in [5.41, 5.74) is -0.136. The highest BCUT2D eigenvalue weighted by atomic mass is 16.2. The highest BCUT2D eigenvalue weighted by Gasteiger charge is 2.38. The van der Waals surface area contributed by atoms with E-state index in [9.17, 15) is 4.79 Å². The Hall–Kier alpha value is -0.570. The van der Waals surface area contributed by atoms with Gasteiger partial charge in [-0.1, -0.05) is 27.2 Å². The normalized spacial score (nSPS) is 20.4. The first kappa shape index (κ1) is 15.5. The highest BCUT2D eigenvalue weighted by Crippen LogP contribution is 2.31. The Labute approximate surface area is 112 Å². The van der Waals surface area contributed by atoms with Crippen molar-refractivity contribution in [2.75, 3.05) is 19.6 Å². The zero-order chi connectivity index (χ0) is 13.6. The van der Waals surface area contributed by atoms with Crippen molar-refractivity contribution < 1.29 is 4.79 Å². The number of amides is 1. The van der Waals surface area contributed by atoms with Crippen molar-refractivity contribution >= 4 is 5.91 Å². The van der Waals surface area contributed by atoms with Crippen molar-refractivity contribution in [3.8, 4) is 0 Å². The molecule has 1 aliphatic rings. The van der Waals surface area contributed by atoms with Crippen LogP contribution in [0.2, 0.25) is 0 Å². The van der Waals surface area contributed by atoms with Gasteiger partial charge in [-0.15, -0.1) is 0 Å². The van der Waals surface area contributed by atoms with Crippen LogP contribution >= 0.6 is 0 Å². The zero-order valence-electron chi connectivity index (χ0n) is 12.6. The summed E-state index contributed by atoms with van der Waals surface area (Å²) < 4.78 is 0. The maximum Gasteiger partial charge on any atom is 0.228 e. The molecule has 0 aromatic rings. The van der Waals surface area contributed by atoms with Gasteiger partial charge in [0, 0.05) is 18.0 Å². The molecule has 0 aliphatic carbocycles. The lowest BCUT2D eigenvalue weighted by Gasteiger charge is -2.40. The van der Waals surface area contributed by atoms with Crippen LogP contribution in [0, 0.1) is 5.41 Å². The Morgan fingerprint density at radius 1 is 1.33 bits per heavy atom. The smallest absolute Gasteiger partial charge is 0.228 e. The molecule has 1 aliphatic heterocycles. The van der Waals surface area contributed by atoms with Gasteiger partial charge in [-0.05, 0) is 45.7 Å². The van der Waals surface area contributed by atoms with Crippen molar-refractivity contribution in [1.29, 1.82) is 0 Å². The Balaban J connectivity index is 2.73. The van der Waals surface area contributed by atoms with Gasteiger partial charge in [-0.2, -0.15) is 0 Å². The van der Waals surface area contributed by atoms with E-state index >= 15 is 0 Å². The SMILES string of the molecule is CCCCN(C(=O)C1(C)CCNCC1)C(C)CC. The number of hydrogen-bond donors (Lipinski definition) is 1. The predicted octanol–water partition coefficient (Wildman–Crippen LogP) is 2.80. The monoisotopic (exact) mass is 254 g/mol. The molecule has 0 aromatic heterocycles. The molecule has 18 heavy (non-hydrogen) atoms. The Bertz CT molecular complexity index is 259. The number of hydrogen-bond acceptors (Lipinski definition) is 2. The van der Waals surface area contributed by atoms with Crippen LogP contribution in [-0.2, 0) is 4.79 Å². The second-order valence-corrected chi connectivity index (χ2v) is 5.92. The number of unbranched alkanes of at least 4 members (excludes halogenated alkanes) is 1. The third kappa shape index (κ3) is 3.71. The third-order valence-corrected chi connectivity index (χ3v) is 4.36. The van der Waals surface area contributed by atoms with Crippen molar-refractivity contribution in [3.05, 3.63) is 0 Å². The molecular weight excluding hydrogens is 224 g/mol. The molecule has 3 nitrogen and oxygen atoms in total. The third-order valence-electron chi connectivity index (χ3n) is 4.36. The first-order valence-electron chi connectivity index (χ1n) is 7.57. The van der Waals surface area contributed by atoms with Crippen molar-refractivity contribution in [2.45, 2.75) is 65.8 Å². The van der Waals surface area contributed by atoms with Crippen LogP contribution in [0.3, 0.4) is 0 Å². The number of piperidine rings is 1. The first-order valence-corrected chi connectivity index (χ1v) is 7.57. The maximum absolute atomic E-state index is 12.8. The number of nitrogens with zero attached hydrogens (tertiary/aromatic N) is 1. The van der Waals surface area contributed by atoms with Gasteiger partial charge in [-0.3, -0.25) is 4.79 Å². The molecule has 1 unspecified atom stereocenters. The van der Waals surface area contributed by atoms with Crippen molar-refractivity contribution in [1.82, 2.24) is 10.2 Å². The molecule has 106 valence electrons. The van der Waals surface area contributed by atoms with Crippen LogP contribution in [0.5, 0.6) is 0 Å². The second-order valence-electron chi connectivity index (χ2n) is 5.92. The van der Waals surface area contributed by atoms with Crippen LogP contribution < -0.4 is 5.32 Å². The van der Waals surface area contributed by atoms with Gasteiger partial charge < -0.3 is 10.2 Å². The quantitative estimate of drug-likeness (QED) is 0.790. The van der Waals surface area contributed by atoms with E-state index in [0.717, 1.165) is 51.7 Å². The van der Waals surface area contributed by atoms with E-state index in [1.54, 1.807) is 0 Å². The summed E-state index contributed by atoms with van der Waals surface area (Å²) in [6.45, 7) is 11.6. The number of rotatable bonds is 6. The molecule has 0 radical (unpaired) electrons. The topological polar surface area (TPSA) is 32.3 Å². The molecule has 1 heterocycles. The zero-order valence-corrected chi connectivity index (χ0v) is 12.6. The molecule has 1 saturated heterocycles. The van der Waals surface area contributed by atoms with Crippen LogP contribution in [0.4, 0.5) is 0 Å². The summed E-state index contributed by atoms with van der Waals surface area (Å²) in [4.78, 5) is 15.0. The average molecular weight is 254 g/mol. The lowest BCUT2D eigenvalue weighted by molar-refractivity contribution is -0.145. The van der Waals surface area contributed by atoms with Gasteiger partial charge in [0.15, 0.2) is 0 Å². The lowest BCUT2D eigenvalue weighted by Crippen LogP contribution is -2.50. The van der Waals surface area contributed by atoms with E-state index in [4.69, 9.17) is 0 Å². The van der Waals surface area contributed by atoms with Crippen molar-refractivity contribution in [3.63, 3.8) is 0 Å². The van der Waals surface area contributed by atoms with Crippen LogP contribution in [0.25, 0.3) is 0 Å². The van der Waals surface area contributed by atoms with Gasteiger partial charge >= 0.3 is 0 Å². The van der Waals surface area contributed by atoms with Gasteiger partial charge in [-0.25, -0.2) is 0 Å². The van der Waals surface area contributed by atoms with Crippen LogP contribution in [0.1, 0.15) is 59.8 Å². The summed E-state index contributed by atoms with van der Waals surface area (Å²) in [7, 11) is 0. The van der Waals surface area contributed by atoms with E-state index in [0.29, 0.717) is 11.9 Å². The Morgan fingerprint density at radius 2 is 1.94 bits per heavy atom. The van der Waals surface area contributed by atoms with E-state index in [1.165, 1.54) is 0 Å². The summed E-state index contributed by atoms with van der Waals surface area (Å²) in [6, 6.07) is 0.371. The molecule has 0 aromatic carbocycles. The molecule has 3 heteroatoms. The van der Waals surface area contributed by atoms with E-state index in [-0.39, 0.29) is 5.41 Å². The Morgan fingerprint density at radius 3 is 2.44 bits per heavy atom. The van der Waals surface area contributed by atoms with Gasteiger partial charge in [0.1, 0.15) is 0 Å². The summed E-state index contributed by atoms with van der Waals surface area (Å²) in [5.74, 6) is 0.381. The van der Waals surface area contributed by atoms with Gasteiger partial charge in [0.05, 0.1) is 0 Å². The van der Waals surface area contributed by atoms with Crippen molar-refractivity contribution in [2.24, 2.45) is 5.41 Å². The number of carbonyl (C=O) groups is 1. The van der Waals surface area contributed by atoms with E-state index < -0.39 is 0 Å². The number of nitrogens with one attached hydrogen (secondary N) is 1. The molecule has 1 fully saturated rings. The van der Waals surface area contributed by atoms with Gasteiger partial charge in [0.25, 0.3) is 0 Å². The van der Waals surface area contributed by atoms with Crippen LogP contribution in [0.15, 0.2) is 0 Å². The average Bonchev–Trinajstić information content (AvgIpc) is 2.39. The summed E-state index contributed by atoms with van der Waals surface area (Å²) in [5, 5.41) is 3.35. The van der Waals surface area contributed by atoms with E-state index in [1.807, 2.05) is 0 Å². The molecule has 0 bridgehead atoms. The largest absolute Gasteiger partial charge is 0.340 e. The highest BCUT2D eigenvalue weighted by molar-refractivity contribution is 5.82. The first-order chi connectivity index (χ1) is 8.55. The van der Waals surface area contributed by atoms with Gasteiger partial charge in [0.2, 0.25) is 5.91 Å². The summed E-state index contributed by atoms with van der Waals surface area (Å²) in [6.07, 6.45) is 5.27. The fourth-order valence-electron chi connectivity index (χ4n) is 2.61. The minimum absolute atomic E-state index is 0.136. The predicted molar refractivity (Wildman–Crippen MR) is 76.6 cm³/mol. The molecule has 1 amide bonds. The maximum atomic E-state index is 12.8. The minimum atomic E-state index is -0.136. The van der Waals surface area contributed by atoms with E-state index in [2.05, 4.69) is 37.9 Å². The molecule has 0 spiro atoms.